The highest BCUT2D eigenvalue weighted by molar-refractivity contribution is 9.10. The largest absolute Gasteiger partial charge is 0.495 e. The van der Waals surface area contributed by atoms with Crippen LogP contribution in [0.2, 0.25) is 0 Å². The third-order valence-corrected chi connectivity index (χ3v) is 3.20. The van der Waals surface area contributed by atoms with Gasteiger partial charge in [0, 0.05) is 11.1 Å². The number of hydrogen-bond donors (Lipinski definition) is 0. The average Bonchev–Trinajstić information content (AvgIpc) is 2.20. The number of methoxy groups -OCH3 is 1. The van der Waals surface area contributed by atoms with Crippen molar-refractivity contribution in [2.75, 3.05) is 7.11 Å². The van der Waals surface area contributed by atoms with Crippen LogP contribution >= 0.6 is 15.9 Å². The van der Waals surface area contributed by atoms with E-state index in [0.717, 1.165) is 0 Å². The maximum Gasteiger partial charge on any atom is 0.140 e. The summed E-state index contributed by atoms with van der Waals surface area (Å²) in [6, 6.07) is 0. The van der Waals surface area contributed by atoms with Gasteiger partial charge >= 0.3 is 0 Å². The van der Waals surface area contributed by atoms with E-state index >= 15 is 0 Å². The molecule has 0 heterocycles. The minimum absolute atomic E-state index is 0.215. The van der Waals surface area contributed by atoms with Crippen molar-refractivity contribution in [1.82, 2.24) is 0 Å². The molecule has 0 atom stereocenters. The molecule has 1 aromatic rings. The molecule has 0 saturated heterocycles. The number of ether oxygens (including phenoxy) is 1. The molecule has 0 fully saturated rings. The zero-order chi connectivity index (χ0) is 10.9. The monoisotopic (exact) mass is 258 g/mol. The van der Waals surface area contributed by atoms with E-state index in [4.69, 9.17) is 4.74 Å². The van der Waals surface area contributed by atoms with Gasteiger partial charge < -0.3 is 4.74 Å². The average molecular weight is 259 g/mol. The Labute approximate surface area is 91.7 Å². The maximum atomic E-state index is 13.6. The molecule has 0 aliphatic heterocycles. The van der Waals surface area contributed by atoms with Crippen molar-refractivity contribution >= 4 is 22.0 Å². The van der Waals surface area contributed by atoms with Gasteiger partial charge in [-0.3, -0.25) is 0 Å². The van der Waals surface area contributed by atoms with E-state index in [2.05, 4.69) is 22.5 Å². The number of benzene rings is 1. The molecule has 0 unspecified atom stereocenters. The van der Waals surface area contributed by atoms with Gasteiger partial charge in [-0.15, -0.1) is 0 Å². The van der Waals surface area contributed by atoms with Crippen molar-refractivity contribution in [1.29, 1.82) is 0 Å². The molecule has 0 bridgehead atoms. The highest BCUT2D eigenvalue weighted by Crippen LogP contribution is 2.37. The fourth-order valence-corrected chi connectivity index (χ4v) is 1.95. The summed E-state index contributed by atoms with van der Waals surface area (Å²) in [5.41, 5.74) is 1.82. The maximum absolute atomic E-state index is 13.6. The van der Waals surface area contributed by atoms with Gasteiger partial charge in [0.15, 0.2) is 0 Å². The van der Waals surface area contributed by atoms with Gasteiger partial charge in [0.1, 0.15) is 11.6 Å². The van der Waals surface area contributed by atoms with Crippen LogP contribution in [0.15, 0.2) is 11.1 Å². The van der Waals surface area contributed by atoms with Crippen LogP contribution in [-0.2, 0) is 0 Å². The Bertz CT molecular complexity index is 386. The molecule has 0 amide bonds. The Morgan fingerprint density at radius 3 is 2.36 bits per heavy atom. The highest BCUT2D eigenvalue weighted by Gasteiger charge is 2.16. The zero-order valence-corrected chi connectivity index (χ0v) is 10.0. The SMILES string of the molecule is C=Cc1c(C)c(F)c(C)c(Br)c1OC. The first-order chi connectivity index (χ1) is 6.54. The van der Waals surface area contributed by atoms with E-state index < -0.39 is 0 Å². The third kappa shape index (κ3) is 1.57. The van der Waals surface area contributed by atoms with Crippen LogP contribution in [0.4, 0.5) is 4.39 Å². The molecular formula is C11H12BrFO. The molecular weight excluding hydrogens is 247 g/mol. The van der Waals surface area contributed by atoms with E-state index in [1.807, 2.05) is 0 Å². The number of rotatable bonds is 2. The molecule has 3 heteroatoms. The van der Waals surface area contributed by atoms with Crippen molar-refractivity contribution in [3.05, 3.63) is 33.6 Å². The smallest absolute Gasteiger partial charge is 0.140 e. The van der Waals surface area contributed by atoms with Gasteiger partial charge in [0.25, 0.3) is 0 Å². The molecule has 1 nitrogen and oxygen atoms in total. The van der Waals surface area contributed by atoms with Crippen LogP contribution in [-0.4, -0.2) is 7.11 Å². The Morgan fingerprint density at radius 2 is 1.93 bits per heavy atom. The topological polar surface area (TPSA) is 9.23 Å². The predicted molar refractivity (Wildman–Crippen MR) is 60.2 cm³/mol. The molecule has 0 aliphatic carbocycles. The molecule has 0 N–H and O–H groups in total. The van der Waals surface area contributed by atoms with Crippen LogP contribution in [0.1, 0.15) is 16.7 Å². The van der Waals surface area contributed by atoms with E-state index in [0.29, 0.717) is 26.9 Å². The molecule has 1 aromatic carbocycles. The first-order valence-corrected chi connectivity index (χ1v) is 4.98. The molecule has 14 heavy (non-hydrogen) atoms. The van der Waals surface area contributed by atoms with E-state index in [1.54, 1.807) is 27.0 Å². The van der Waals surface area contributed by atoms with Gasteiger partial charge in [0.2, 0.25) is 0 Å². The standard InChI is InChI=1S/C11H12BrFO/c1-5-8-6(2)10(13)7(3)9(12)11(8)14-4/h5H,1H2,2-4H3. The highest BCUT2D eigenvalue weighted by atomic mass is 79.9. The lowest BCUT2D eigenvalue weighted by Gasteiger charge is -2.14. The zero-order valence-electron chi connectivity index (χ0n) is 8.45. The van der Waals surface area contributed by atoms with Crippen molar-refractivity contribution in [3.63, 3.8) is 0 Å². The second-order valence-corrected chi connectivity index (χ2v) is 3.82. The van der Waals surface area contributed by atoms with Gasteiger partial charge in [-0.25, -0.2) is 4.39 Å². The second kappa shape index (κ2) is 4.13. The number of halogens is 2. The second-order valence-electron chi connectivity index (χ2n) is 3.03. The minimum Gasteiger partial charge on any atom is -0.495 e. The molecule has 0 saturated carbocycles. The molecule has 0 spiro atoms. The van der Waals surface area contributed by atoms with E-state index in [-0.39, 0.29) is 5.82 Å². The summed E-state index contributed by atoms with van der Waals surface area (Å²) < 4.78 is 19.5. The lowest BCUT2D eigenvalue weighted by Crippen LogP contribution is -1.98. The van der Waals surface area contributed by atoms with Crippen LogP contribution < -0.4 is 4.74 Å². The van der Waals surface area contributed by atoms with Gasteiger partial charge in [0.05, 0.1) is 11.6 Å². The molecule has 0 aromatic heterocycles. The fourth-order valence-electron chi connectivity index (χ4n) is 1.40. The summed E-state index contributed by atoms with van der Waals surface area (Å²) in [5, 5.41) is 0. The van der Waals surface area contributed by atoms with Crippen molar-refractivity contribution in [3.8, 4) is 5.75 Å². The Hall–Kier alpha value is -0.830. The van der Waals surface area contributed by atoms with E-state index in [9.17, 15) is 4.39 Å². The van der Waals surface area contributed by atoms with E-state index in [1.165, 1.54) is 0 Å². The first-order valence-electron chi connectivity index (χ1n) is 4.19. The van der Waals surface area contributed by atoms with Crippen molar-refractivity contribution in [2.45, 2.75) is 13.8 Å². The fraction of sp³-hybridized carbons (Fsp3) is 0.273. The summed E-state index contributed by atoms with van der Waals surface area (Å²) >= 11 is 3.30. The normalized spacial score (nSPS) is 10.1. The summed E-state index contributed by atoms with van der Waals surface area (Å²) in [6.45, 7) is 7.07. The first kappa shape index (κ1) is 11.2. The summed E-state index contributed by atoms with van der Waals surface area (Å²) in [5.74, 6) is 0.420. The summed E-state index contributed by atoms with van der Waals surface area (Å²) in [6.07, 6.45) is 1.60. The minimum atomic E-state index is -0.215. The van der Waals surface area contributed by atoms with Crippen LogP contribution in [0.5, 0.6) is 5.75 Å². The lowest BCUT2D eigenvalue weighted by molar-refractivity contribution is 0.408. The number of hydrogen-bond acceptors (Lipinski definition) is 1. The van der Waals surface area contributed by atoms with Crippen LogP contribution in [0.3, 0.4) is 0 Å². The lowest BCUT2D eigenvalue weighted by atomic mass is 10.0. The quantitative estimate of drug-likeness (QED) is 0.783. The molecule has 1 rings (SSSR count). The Kier molecular flexibility index (Phi) is 3.32. The van der Waals surface area contributed by atoms with Crippen LogP contribution in [0, 0.1) is 19.7 Å². The molecule has 0 radical (unpaired) electrons. The van der Waals surface area contributed by atoms with Crippen LogP contribution in [0.25, 0.3) is 6.08 Å². The summed E-state index contributed by atoms with van der Waals surface area (Å²) in [7, 11) is 1.56. The Balaban J connectivity index is 3.65. The van der Waals surface area contributed by atoms with Gasteiger partial charge in [-0.2, -0.15) is 0 Å². The van der Waals surface area contributed by atoms with Gasteiger partial charge in [-0.05, 0) is 35.3 Å². The third-order valence-electron chi connectivity index (χ3n) is 2.24. The molecule has 0 aliphatic rings. The molecule has 76 valence electrons. The van der Waals surface area contributed by atoms with Crippen molar-refractivity contribution < 1.29 is 9.13 Å². The van der Waals surface area contributed by atoms with Gasteiger partial charge in [-0.1, -0.05) is 12.7 Å². The van der Waals surface area contributed by atoms with Crippen molar-refractivity contribution in [2.24, 2.45) is 0 Å². The Morgan fingerprint density at radius 1 is 1.36 bits per heavy atom. The predicted octanol–water partition coefficient (Wildman–Crippen LogP) is 3.86. The summed E-state index contributed by atoms with van der Waals surface area (Å²) in [4.78, 5) is 0.